The molecule has 0 unspecified atom stereocenters. The number of ether oxygens (including phenoxy) is 1. The number of benzene rings is 1. The third kappa shape index (κ3) is 4.78. The number of anilines is 2. The van der Waals surface area contributed by atoms with Gasteiger partial charge in [0.25, 0.3) is 0 Å². The molecule has 1 heterocycles. The summed E-state index contributed by atoms with van der Waals surface area (Å²) in [5, 5.41) is 9.32. The lowest BCUT2D eigenvalue weighted by molar-refractivity contribution is 0.0263. The van der Waals surface area contributed by atoms with E-state index in [1.165, 1.54) is 0 Å². The van der Waals surface area contributed by atoms with Gasteiger partial charge in [0.2, 0.25) is 0 Å². The SMILES string of the molecule is Cc1cc(N2CCCN(C(=O)OC(C)(C)C)CC2)cc(C(=O)O)c1N. The van der Waals surface area contributed by atoms with Crippen LogP contribution in [0.4, 0.5) is 16.2 Å². The van der Waals surface area contributed by atoms with Gasteiger partial charge in [-0.05, 0) is 51.8 Å². The molecule has 0 saturated carbocycles. The van der Waals surface area contributed by atoms with Gasteiger partial charge in [0, 0.05) is 37.6 Å². The van der Waals surface area contributed by atoms with Gasteiger partial charge in [-0.25, -0.2) is 9.59 Å². The molecule has 0 aliphatic carbocycles. The largest absolute Gasteiger partial charge is 0.478 e. The first kappa shape index (κ1) is 18.9. The molecule has 3 N–H and O–H groups in total. The third-order valence-corrected chi connectivity index (χ3v) is 4.11. The van der Waals surface area contributed by atoms with Gasteiger partial charge in [-0.15, -0.1) is 0 Å². The topological polar surface area (TPSA) is 96.1 Å². The minimum atomic E-state index is -1.03. The summed E-state index contributed by atoms with van der Waals surface area (Å²) in [6.45, 7) is 9.84. The van der Waals surface area contributed by atoms with Gasteiger partial charge in [0.05, 0.1) is 5.56 Å². The molecule has 1 fully saturated rings. The fraction of sp³-hybridized carbons (Fsp3) is 0.556. The molecule has 0 spiro atoms. The summed E-state index contributed by atoms with van der Waals surface area (Å²) < 4.78 is 5.43. The summed E-state index contributed by atoms with van der Waals surface area (Å²) in [5.74, 6) is -1.03. The van der Waals surface area contributed by atoms with Crippen LogP contribution in [0.15, 0.2) is 12.1 Å². The van der Waals surface area contributed by atoms with Crippen molar-refractivity contribution in [2.45, 2.75) is 39.7 Å². The van der Waals surface area contributed by atoms with E-state index in [0.29, 0.717) is 25.3 Å². The van der Waals surface area contributed by atoms with Crippen LogP contribution < -0.4 is 10.6 Å². The smallest absolute Gasteiger partial charge is 0.410 e. The number of rotatable bonds is 2. The molecule has 1 aromatic rings. The molecule has 0 radical (unpaired) electrons. The molecule has 0 aromatic heterocycles. The summed E-state index contributed by atoms with van der Waals surface area (Å²) in [4.78, 5) is 27.4. The summed E-state index contributed by atoms with van der Waals surface area (Å²) >= 11 is 0. The van der Waals surface area contributed by atoms with Gasteiger partial charge in [-0.3, -0.25) is 0 Å². The van der Waals surface area contributed by atoms with Crippen molar-refractivity contribution in [2.24, 2.45) is 0 Å². The van der Waals surface area contributed by atoms with E-state index in [1.54, 1.807) is 17.9 Å². The van der Waals surface area contributed by atoms with E-state index in [4.69, 9.17) is 10.5 Å². The number of amides is 1. The second-order valence-corrected chi connectivity index (χ2v) is 7.34. The maximum Gasteiger partial charge on any atom is 0.410 e. The Kier molecular flexibility index (Phi) is 5.45. The number of aromatic carboxylic acids is 1. The van der Waals surface area contributed by atoms with E-state index in [9.17, 15) is 14.7 Å². The Balaban J connectivity index is 2.13. The zero-order chi connectivity index (χ0) is 18.8. The molecule has 0 bridgehead atoms. The van der Waals surface area contributed by atoms with Gasteiger partial charge in [-0.1, -0.05) is 0 Å². The Labute approximate surface area is 148 Å². The molecule has 1 aromatic carbocycles. The molecular formula is C18H27N3O4. The zero-order valence-corrected chi connectivity index (χ0v) is 15.3. The number of carboxylic acids is 1. The normalized spacial score (nSPS) is 15.7. The predicted molar refractivity (Wildman–Crippen MR) is 97.2 cm³/mol. The first-order valence-corrected chi connectivity index (χ1v) is 8.45. The Hall–Kier alpha value is -2.44. The lowest BCUT2D eigenvalue weighted by atomic mass is 10.1. The van der Waals surface area contributed by atoms with Crippen molar-refractivity contribution in [3.63, 3.8) is 0 Å². The van der Waals surface area contributed by atoms with Crippen molar-refractivity contribution >= 4 is 23.4 Å². The molecule has 7 heteroatoms. The maximum atomic E-state index is 12.2. The van der Waals surface area contributed by atoms with E-state index in [0.717, 1.165) is 24.2 Å². The average Bonchev–Trinajstić information content (AvgIpc) is 2.74. The minimum Gasteiger partial charge on any atom is -0.478 e. The maximum absolute atomic E-state index is 12.2. The summed E-state index contributed by atoms with van der Waals surface area (Å²) in [6.07, 6.45) is 0.472. The average molecular weight is 349 g/mol. The zero-order valence-electron chi connectivity index (χ0n) is 15.3. The summed E-state index contributed by atoms with van der Waals surface area (Å²) in [5.41, 5.74) is 7.31. The number of aryl methyl sites for hydroxylation is 1. The van der Waals surface area contributed by atoms with E-state index >= 15 is 0 Å². The fourth-order valence-electron chi connectivity index (χ4n) is 2.82. The van der Waals surface area contributed by atoms with E-state index in [2.05, 4.69) is 4.90 Å². The highest BCUT2D eigenvalue weighted by molar-refractivity contribution is 5.95. The lowest BCUT2D eigenvalue weighted by Gasteiger charge is -2.27. The highest BCUT2D eigenvalue weighted by Crippen LogP contribution is 2.26. The molecule has 1 aliphatic rings. The van der Waals surface area contributed by atoms with Crippen molar-refractivity contribution < 1.29 is 19.4 Å². The van der Waals surface area contributed by atoms with Crippen molar-refractivity contribution in [1.29, 1.82) is 0 Å². The molecule has 1 saturated heterocycles. The number of nitrogens with zero attached hydrogens (tertiary/aromatic N) is 2. The van der Waals surface area contributed by atoms with Crippen molar-refractivity contribution in [3.05, 3.63) is 23.3 Å². The highest BCUT2D eigenvalue weighted by Gasteiger charge is 2.25. The quantitative estimate of drug-likeness (QED) is 0.797. The number of nitrogen functional groups attached to an aromatic ring is 1. The second kappa shape index (κ2) is 7.21. The van der Waals surface area contributed by atoms with Crippen molar-refractivity contribution in [1.82, 2.24) is 4.90 Å². The predicted octanol–water partition coefficient (Wildman–Crippen LogP) is 2.72. The van der Waals surface area contributed by atoms with Crippen LogP contribution in [0.5, 0.6) is 0 Å². The van der Waals surface area contributed by atoms with Crippen LogP contribution in [0, 0.1) is 6.92 Å². The Bertz CT molecular complexity index is 667. The number of carboxylic acid groups (broad SMARTS) is 1. The third-order valence-electron chi connectivity index (χ3n) is 4.11. The molecule has 2 rings (SSSR count). The lowest BCUT2D eigenvalue weighted by Crippen LogP contribution is -2.39. The van der Waals surface area contributed by atoms with Crippen LogP contribution in [0.25, 0.3) is 0 Å². The van der Waals surface area contributed by atoms with Gasteiger partial charge in [0.15, 0.2) is 0 Å². The molecule has 1 amide bonds. The van der Waals surface area contributed by atoms with E-state index in [-0.39, 0.29) is 11.7 Å². The minimum absolute atomic E-state index is 0.114. The summed E-state index contributed by atoms with van der Waals surface area (Å²) in [6, 6.07) is 3.50. The monoisotopic (exact) mass is 349 g/mol. The van der Waals surface area contributed by atoms with Crippen LogP contribution >= 0.6 is 0 Å². The number of nitrogens with two attached hydrogens (primary N) is 1. The van der Waals surface area contributed by atoms with Crippen molar-refractivity contribution in [3.8, 4) is 0 Å². The standard InChI is InChI=1S/C18H27N3O4/c1-12-10-13(11-14(15(12)19)16(22)23)20-6-5-7-21(9-8-20)17(24)25-18(2,3)4/h10-11H,5-9,19H2,1-4H3,(H,22,23). The van der Waals surface area contributed by atoms with E-state index in [1.807, 2.05) is 26.8 Å². The fourth-order valence-corrected chi connectivity index (χ4v) is 2.82. The molecule has 0 atom stereocenters. The molecule has 138 valence electrons. The van der Waals surface area contributed by atoms with Crippen LogP contribution in [0.1, 0.15) is 43.1 Å². The first-order valence-electron chi connectivity index (χ1n) is 8.45. The summed E-state index contributed by atoms with van der Waals surface area (Å²) in [7, 11) is 0. The second-order valence-electron chi connectivity index (χ2n) is 7.34. The molecule has 1 aliphatic heterocycles. The highest BCUT2D eigenvalue weighted by atomic mass is 16.6. The molecular weight excluding hydrogens is 322 g/mol. The van der Waals surface area contributed by atoms with Crippen molar-refractivity contribution in [2.75, 3.05) is 36.8 Å². The van der Waals surface area contributed by atoms with Gasteiger partial charge >= 0.3 is 12.1 Å². The Morgan fingerprint density at radius 1 is 1.16 bits per heavy atom. The number of carbonyl (C=O) groups is 2. The van der Waals surface area contributed by atoms with Crippen LogP contribution in [0.3, 0.4) is 0 Å². The Morgan fingerprint density at radius 3 is 2.44 bits per heavy atom. The van der Waals surface area contributed by atoms with Gasteiger partial charge in [-0.2, -0.15) is 0 Å². The van der Waals surface area contributed by atoms with Gasteiger partial charge < -0.3 is 25.4 Å². The molecule has 25 heavy (non-hydrogen) atoms. The van der Waals surface area contributed by atoms with Crippen LogP contribution in [-0.4, -0.2) is 53.8 Å². The number of carbonyl (C=O) groups excluding carboxylic acids is 1. The number of hydrogen-bond donors (Lipinski definition) is 2. The van der Waals surface area contributed by atoms with Gasteiger partial charge in [0.1, 0.15) is 5.60 Å². The first-order chi connectivity index (χ1) is 11.6. The Morgan fingerprint density at radius 2 is 1.84 bits per heavy atom. The van der Waals surface area contributed by atoms with Crippen LogP contribution in [-0.2, 0) is 4.74 Å². The molecule has 7 nitrogen and oxygen atoms in total. The van der Waals surface area contributed by atoms with E-state index < -0.39 is 11.6 Å². The van der Waals surface area contributed by atoms with Crippen LogP contribution in [0.2, 0.25) is 0 Å². The number of hydrogen-bond acceptors (Lipinski definition) is 5.